The van der Waals surface area contributed by atoms with E-state index in [1.807, 2.05) is 18.3 Å². The van der Waals surface area contributed by atoms with Gasteiger partial charge in [-0.05, 0) is 6.42 Å². The maximum Gasteiger partial charge on any atom is 1.00 e. The van der Waals surface area contributed by atoms with Crippen LogP contribution in [0.5, 0.6) is 0 Å². The number of carboxylic acid groups (broad SMARTS) is 2. The van der Waals surface area contributed by atoms with E-state index >= 15 is 0 Å². The summed E-state index contributed by atoms with van der Waals surface area (Å²) in [4.78, 5) is 58.8. The van der Waals surface area contributed by atoms with Crippen LogP contribution in [0.3, 0.4) is 0 Å². The molecule has 4 rings (SSSR count). The van der Waals surface area contributed by atoms with Gasteiger partial charge in [0.15, 0.2) is 18.9 Å². The van der Waals surface area contributed by atoms with Gasteiger partial charge in [-0.1, -0.05) is 18.1 Å². The Morgan fingerprint density at radius 3 is 2.66 bits per heavy atom. The van der Waals surface area contributed by atoms with Gasteiger partial charge in [-0.25, -0.2) is 4.57 Å². The van der Waals surface area contributed by atoms with Crippen LogP contribution in [0, 0.1) is 0 Å². The normalized spacial score (nSPS) is 18.6. The van der Waals surface area contributed by atoms with Crippen LogP contribution in [0.25, 0.3) is 0 Å². The molecule has 1 unspecified atom stereocenters. The Kier molecular flexibility index (Phi) is 10.2. The van der Waals surface area contributed by atoms with Crippen LogP contribution in [0.2, 0.25) is 0 Å². The molecule has 2 aliphatic heterocycles. The minimum Gasteiger partial charge on any atom is -0.543 e. The maximum absolute atomic E-state index is 13.0. The summed E-state index contributed by atoms with van der Waals surface area (Å²) in [6.45, 7) is 2.27. The van der Waals surface area contributed by atoms with Gasteiger partial charge in [0.2, 0.25) is 16.7 Å². The Hall–Kier alpha value is -3.05. The standard InChI is InChI=1S/C21H21N7O7S2.Na/c1-2-8-35-25-12(15-23-20(37-26-15)24-21(33)34)16(29)22-13-17(30)28-14(19(31)32)11(10-36-18(13)28)9-27-6-4-3-5-7-27;/h3-7,13,18H,2,8-10H2,1H3,(H3-,22,23,24,26,29,31,32,33,34);/q;+1/p-1/t13?,18-;/m1./s1. The number of carboxylic acids is 1. The van der Waals surface area contributed by atoms with E-state index in [0.717, 1.165) is 4.90 Å². The second kappa shape index (κ2) is 13.1. The molecule has 2 atom stereocenters. The van der Waals surface area contributed by atoms with Gasteiger partial charge in [-0.15, -0.1) is 11.8 Å². The van der Waals surface area contributed by atoms with Crippen molar-refractivity contribution in [2.45, 2.75) is 31.3 Å². The first kappa shape index (κ1) is 29.5. The minimum absolute atomic E-state index is 0. The fraction of sp³-hybridized carbons (Fsp3) is 0.333. The molecule has 0 aromatic carbocycles. The molecule has 0 aliphatic carbocycles. The van der Waals surface area contributed by atoms with Crippen molar-refractivity contribution < 1.29 is 68.4 Å². The van der Waals surface area contributed by atoms with Crippen molar-refractivity contribution in [3.05, 3.63) is 47.7 Å². The molecule has 1 fully saturated rings. The number of amides is 3. The zero-order valence-corrected chi connectivity index (χ0v) is 23.9. The fourth-order valence-corrected chi connectivity index (χ4v) is 5.50. The number of rotatable bonds is 10. The van der Waals surface area contributed by atoms with E-state index in [-0.39, 0.29) is 65.1 Å². The molecule has 3 amide bonds. The molecule has 0 bridgehead atoms. The SMILES string of the molecule is CCCON=C(C(=O)NC1C(=O)N2C(C(=O)[O-])=C(C[n+]3ccccc3)CS[C@H]12)c1nsc(NC(=O)[O-])n1.[Na+]. The van der Waals surface area contributed by atoms with Crippen molar-refractivity contribution in [1.29, 1.82) is 0 Å². The number of aliphatic carboxylic acids is 1. The summed E-state index contributed by atoms with van der Waals surface area (Å²) >= 11 is 1.96. The summed E-state index contributed by atoms with van der Waals surface area (Å²) in [6.07, 6.45) is 2.54. The summed E-state index contributed by atoms with van der Waals surface area (Å²) in [5.41, 5.74) is -0.0830. The molecule has 0 saturated carbocycles. The third-order valence-corrected chi connectivity index (χ3v) is 7.16. The topological polar surface area (TPSA) is 193 Å². The smallest absolute Gasteiger partial charge is 0.543 e. The van der Waals surface area contributed by atoms with Crippen molar-refractivity contribution in [2.24, 2.45) is 5.16 Å². The van der Waals surface area contributed by atoms with Crippen molar-refractivity contribution in [2.75, 3.05) is 17.7 Å². The van der Waals surface area contributed by atoms with Crippen molar-refractivity contribution >= 4 is 58.0 Å². The molecule has 2 aromatic rings. The number of pyridine rings is 1. The van der Waals surface area contributed by atoms with E-state index in [4.69, 9.17) is 4.84 Å². The number of hydrogen-bond acceptors (Lipinski definition) is 12. The molecule has 1 saturated heterocycles. The van der Waals surface area contributed by atoms with Crippen LogP contribution in [0.4, 0.5) is 9.93 Å². The third-order valence-electron chi connectivity index (χ3n) is 5.19. The molecule has 0 spiro atoms. The van der Waals surface area contributed by atoms with Crippen molar-refractivity contribution in [3.63, 3.8) is 0 Å². The molecule has 194 valence electrons. The van der Waals surface area contributed by atoms with Gasteiger partial charge in [-0.3, -0.25) is 14.5 Å². The Labute approximate surface area is 246 Å². The number of thioether (sulfide) groups is 1. The second-order valence-corrected chi connectivity index (χ2v) is 9.61. The Bertz CT molecular complexity index is 1290. The monoisotopic (exact) mass is 569 g/mol. The second-order valence-electron chi connectivity index (χ2n) is 7.76. The fourth-order valence-electron chi connectivity index (χ4n) is 3.61. The van der Waals surface area contributed by atoms with E-state index in [1.165, 1.54) is 11.8 Å². The van der Waals surface area contributed by atoms with E-state index in [2.05, 4.69) is 19.8 Å². The molecule has 14 nitrogen and oxygen atoms in total. The first-order valence-electron chi connectivity index (χ1n) is 10.9. The van der Waals surface area contributed by atoms with Gasteiger partial charge in [0.1, 0.15) is 24.1 Å². The Balaban J connectivity index is 0.00000400. The Morgan fingerprint density at radius 1 is 1.26 bits per heavy atom. The molecule has 2 aromatic heterocycles. The molecule has 4 heterocycles. The van der Waals surface area contributed by atoms with Crippen LogP contribution in [0.1, 0.15) is 19.2 Å². The molecule has 17 heteroatoms. The molecule has 0 radical (unpaired) electrons. The first-order valence-corrected chi connectivity index (χ1v) is 12.8. The number of oxime groups is 1. The molecule has 2 N–H and O–H groups in total. The summed E-state index contributed by atoms with van der Waals surface area (Å²) < 4.78 is 5.70. The summed E-state index contributed by atoms with van der Waals surface area (Å²) in [6, 6.07) is 4.39. The number of nitrogens with zero attached hydrogens (tertiary/aromatic N) is 5. The minimum atomic E-state index is -1.61. The number of nitrogens with one attached hydrogen (secondary N) is 2. The average Bonchev–Trinajstić information content (AvgIpc) is 3.32. The molecule has 2 aliphatic rings. The maximum atomic E-state index is 13.0. The van der Waals surface area contributed by atoms with Gasteiger partial charge >= 0.3 is 29.6 Å². The van der Waals surface area contributed by atoms with Gasteiger partial charge in [0.05, 0.1) is 11.7 Å². The summed E-state index contributed by atoms with van der Waals surface area (Å²) in [5, 5.41) is 30.1. The van der Waals surface area contributed by atoms with Crippen LogP contribution in [0.15, 0.2) is 47.0 Å². The number of β-lactam (4-membered cyclic amide) rings is 1. The average molecular weight is 570 g/mol. The summed E-state index contributed by atoms with van der Waals surface area (Å²) in [5.74, 6) is -2.88. The van der Waals surface area contributed by atoms with Crippen LogP contribution in [-0.2, 0) is 25.8 Å². The zero-order valence-electron chi connectivity index (χ0n) is 20.3. The van der Waals surface area contributed by atoms with Crippen molar-refractivity contribution in [1.82, 2.24) is 19.6 Å². The van der Waals surface area contributed by atoms with Gasteiger partial charge < -0.3 is 35.3 Å². The van der Waals surface area contributed by atoms with E-state index in [9.17, 15) is 29.4 Å². The Morgan fingerprint density at radius 2 is 2.00 bits per heavy atom. The van der Waals surface area contributed by atoms with E-state index < -0.39 is 35.3 Å². The quantitative estimate of drug-likeness (QED) is 0.0698. The summed E-state index contributed by atoms with van der Waals surface area (Å²) in [7, 11) is 0. The number of hydrogen-bond donors (Lipinski definition) is 2. The number of carbonyl (C=O) groups excluding carboxylic acids is 4. The number of anilines is 1. The van der Waals surface area contributed by atoms with E-state index in [1.54, 1.807) is 29.1 Å². The van der Waals surface area contributed by atoms with Crippen LogP contribution in [-0.4, -0.2) is 67.6 Å². The first-order chi connectivity index (χ1) is 17.8. The number of carbonyl (C=O) groups is 4. The van der Waals surface area contributed by atoms with Gasteiger partial charge in [0.25, 0.3) is 11.8 Å². The predicted octanol–water partition coefficient (Wildman–Crippen LogP) is -5.18. The number of aromatic nitrogens is 3. The van der Waals surface area contributed by atoms with Crippen LogP contribution >= 0.6 is 23.3 Å². The van der Waals surface area contributed by atoms with Crippen molar-refractivity contribution in [3.8, 4) is 0 Å². The third kappa shape index (κ3) is 6.50. The van der Waals surface area contributed by atoms with Gasteiger partial charge in [-0.2, -0.15) is 9.36 Å². The van der Waals surface area contributed by atoms with Crippen LogP contribution < -0.4 is 55.0 Å². The van der Waals surface area contributed by atoms with E-state index in [0.29, 0.717) is 29.3 Å². The predicted molar refractivity (Wildman–Crippen MR) is 125 cm³/mol. The zero-order chi connectivity index (χ0) is 26.5. The molecular formula is C21H20N7NaO7S2. The number of fused-ring (bicyclic) bond motifs is 1. The molecule has 38 heavy (non-hydrogen) atoms. The largest absolute Gasteiger partial charge is 1.00 e. The molecular weight excluding hydrogens is 549 g/mol. The van der Waals surface area contributed by atoms with Gasteiger partial charge in [0, 0.05) is 35.0 Å².